The molecular weight excluding hydrogens is 525 g/mol. The van der Waals surface area contributed by atoms with Gasteiger partial charge in [0.1, 0.15) is 12.2 Å². The van der Waals surface area contributed by atoms with Crippen LogP contribution in [-0.2, 0) is 24.2 Å². The first kappa shape index (κ1) is 26.9. The number of ether oxygens (including phenoxy) is 1. The zero-order valence-corrected chi connectivity index (χ0v) is 22.2. The van der Waals surface area contributed by atoms with Gasteiger partial charge < -0.3 is 14.7 Å². The lowest BCUT2D eigenvalue weighted by atomic mass is 9.89. The van der Waals surface area contributed by atoms with Crippen molar-refractivity contribution in [2.45, 2.75) is 56.9 Å². The molecule has 194 valence electrons. The van der Waals surface area contributed by atoms with E-state index in [2.05, 4.69) is 0 Å². The molecule has 1 saturated carbocycles. The number of sulfone groups is 1. The molecule has 10 heteroatoms. The lowest BCUT2D eigenvalue weighted by Gasteiger charge is -2.48. The summed E-state index contributed by atoms with van der Waals surface area (Å²) < 4.78 is 32.3. The van der Waals surface area contributed by atoms with Crippen molar-refractivity contribution < 1.29 is 27.9 Å². The number of carboxylic acid groups (broad SMARTS) is 1. The van der Waals surface area contributed by atoms with E-state index < -0.39 is 52.4 Å². The van der Waals surface area contributed by atoms with Crippen LogP contribution in [0, 0.1) is 5.92 Å². The summed E-state index contributed by atoms with van der Waals surface area (Å²) in [6.07, 6.45) is -0.399. The molecule has 2 aromatic carbocycles. The van der Waals surface area contributed by atoms with Crippen molar-refractivity contribution >= 4 is 44.9 Å². The van der Waals surface area contributed by atoms with Gasteiger partial charge in [-0.3, -0.25) is 9.59 Å². The fraction of sp³-hybridized carbons (Fsp3) is 0.462. The number of nitrogens with zero attached hydrogens (tertiary/aromatic N) is 1. The van der Waals surface area contributed by atoms with Crippen molar-refractivity contribution in [2.75, 3.05) is 11.5 Å². The molecule has 1 unspecified atom stereocenters. The molecule has 7 nitrogen and oxygen atoms in total. The second kappa shape index (κ2) is 11.1. The third-order valence-corrected chi connectivity index (χ3v) is 9.03. The highest BCUT2D eigenvalue weighted by Crippen LogP contribution is 2.45. The molecule has 36 heavy (non-hydrogen) atoms. The van der Waals surface area contributed by atoms with Gasteiger partial charge in [0, 0.05) is 16.1 Å². The summed E-state index contributed by atoms with van der Waals surface area (Å²) in [5.74, 6) is -1.64. The zero-order valence-electron chi connectivity index (χ0n) is 19.8. The Hall–Kier alpha value is -2.13. The maximum Gasteiger partial charge on any atom is 0.306 e. The smallest absolute Gasteiger partial charge is 0.306 e. The molecule has 0 bridgehead atoms. The van der Waals surface area contributed by atoms with Crippen molar-refractivity contribution in [3.05, 3.63) is 69.7 Å². The van der Waals surface area contributed by atoms with Crippen LogP contribution in [-0.4, -0.2) is 54.0 Å². The first-order valence-corrected chi connectivity index (χ1v) is 14.6. The average molecular weight is 554 g/mol. The van der Waals surface area contributed by atoms with E-state index in [4.69, 9.17) is 27.9 Å². The molecule has 4 atom stereocenters. The van der Waals surface area contributed by atoms with Gasteiger partial charge in [-0.2, -0.15) is 0 Å². The van der Waals surface area contributed by atoms with Crippen molar-refractivity contribution in [3.8, 4) is 0 Å². The van der Waals surface area contributed by atoms with Crippen LogP contribution < -0.4 is 0 Å². The molecule has 1 aliphatic heterocycles. The van der Waals surface area contributed by atoms with E-state index in [0.717, 1.165) is 12.8 Å². The molecule has 1 amide bonds. The van der Waals surface area contributed by atoms with Gasteiger partial charge in [0.15, 0.2) is 9.84 Å². The average Bonchev–Trinajstić information content (AvgIpc) is 3.62. The molecule has 0 radical (unpaired) electrons. The highest BCUT2D eigenvalue weighted by molar-refractivity contribution is 7.91. The van der Waals surface area contributed by atoms with Crippen molar-refractivity contribution in [2.24, 2.45) is 5.92 Å². The highest BCUT2D eigenvalue weighted by Gasteiger charge is 2.48. The van der Waals surface area contributed by atoms with Gasteiger partial charge in [-0.25, -0.2) is 8.42 Å². The molecule has 4 rings (SSSR count). The quantitative estimate of drug-likeness (QED) is 0.440. The van der Waals surface area contributed by atoms with Gasteiger partial charge >= 0.3 is 5.97 Å². The van der Waals surface area contributed by atoms with Crippen LogP contribution in [0.4, 0.5) is 0 Å². The third-order valence-electron chi connectivity index (χ3n) is 6.67. The Morgan fingerprint density at radius 3 is 2.39 bits per heavy atom. The topological polar surface area (TPSA) is 101 Å². The SMILES string of the molecule is CC[C@@H](CS(=O)(=O)CC1CC1)N1C(=O)[C@H](CC(=O)O)O[C@H](c2cccc(Cl)c2)C1c1ccc(Cl)cc1. The number of hydrogen-bond donors (Lipinski definition) is 1. The summed E-state index contributed by atoms with van der Waals surface area (Å²) in [5, 5.41) is 10.5. The van der Waals surface area contributed by atoms with E-state index in [0.29, 0.717) is 27.6 Å². The maximum absolute atomic E-state index is 13.8. The highest BCUT2D eigenvalue weighted by atomic mass is 35.5. The van der Waals surface area contributed by atoms with Gasteiger partial charge in [0.2, 0.25) is 0 Å². The number of carbonyl (C=O) groups excluding carboxylic acids is 1. The van der Waals surface area contributed by atoms with Gasteiger partial charge in [-0.15, -0.1) is 0 Å². The summed E-state index contributed by atoms with van der Waals surface area (Å²) in [5.41, 5.74) is 1.36. The summed E-state index contributed by atoms with van der Waals surface area (Å²) in [4.78, 5) is 26.9. The van der Waals surface area contributed by atoms with E-state index in [9.17, 15) is 23.1 Å². The van der Waals surface area contributed by atoms with Gasteiger partial charge in [-0.1, -0.05) is 54.4 Å². The number of aliphatic carboxylic acids is 1. The molecule has 0 spiro atoms. The Morgan fingerprint density at radius 2 is 1.81 bits per heavy atom. The summed E-state index contributed by atoms with van der Waals surface area (Å²) >= 11 is 12.4. The monoisotopic (exact) mass is 553 g/mol. The van der Waals surface area contributed by atoms with Crippen LogP contribution in [0.2, 0.25) is 10.0 Å². The van der Waals surface area contributed by atoms with Crippen LogP contribution in [0.1, 0.15) is 55.9 Å². The van der Waals surface area contributed by atoms with Crippen LogP contribution in [0.5, 0.6) is 0 Å². The zero-order chi connectivity index (χ0) is 26.0. The Labute approximate surface area is 221 Å². The van der Waals surface area contributed by atoms with Crippen molar-refractivity contribution in [1.82, 2.24) is 4.90 Å². The van der Waals surface area contributed by atoms with Crippen LogP contribution >= 0.6 is 23.2 Å². The molecule has 1 aliphatic carbocycles. The largest absolute Gasteiger partial charge is 0.481 e. The number of carboxylic acids is 1. The van der Waals surface area contributed by atoms with Crippen LogP contribution in [0.25, 0.3) is 0 Å². The predicted octanol–water partition coefficient (Wildman–Crippen LogP) is 5.08. The summed E-state index contributed by atoms with van der Waals surface area (Å²) in [6, 6.07) is 12.6. The van der Waals surface area contributed by atoms with E-state index in [1.54, 1.807) is 48.5 Å². The Balaban J connectivity index is 1.82. The Bertz CT molecular complexity index is 1220. The maximum atomic E-state index is 13.8. The summed E-state index contributed by atoms with van der Waals surface area (Å²) in [6.45, 7) is 1.83. The lowest BCUT2D eigenvalue weighted by Crippen LogP contribution is -2.56. The number of carbonyl (C=O) groups is 2. The van der Waals surface area contributed by atoms with Crippen LogP contribution in [0.3, 0.4) is 0 Å². The van der Waals surface area contributed by atoms with Crippen molar-refractivity contribution in [3.63, 3.8) is 0 Å². The minimum absolute atomic E-state index is 0.101. The molecule has 2 aliphatic rings. The number of halogens is 2. The number of rotatable bonds is 10. The van der Waals surface area contributed by atoms with E-state index in [1.165, 1.54) is 4.90 Å². The second-order valence-corrected chi connectivity index (χ2v) is 12.5. The Kier molecular flexibility index (Phi) is 8.29. The molecule has 1 heterocycles. The van der Waals surface area contributed by atoms with Crippen LogP contribution in [0.15, 0.2) is 48.5 Å². The molecule has 0 aromatic heterocycles. The molecule has 1 saturated heterocycles. The normalized spacial score (nSPS) is 23.5. The predicted molar refractivity (Wildman–Crippen MR) is 138 cm³/mol. The first-order valence-electron chi connectivity index (χ1n) is 12.0. The molecule has 2 fully saturated rings. The second-order valence-electron chi connectivity index (χ2n) is 9.52. The van der Waals surface area contributed by atoms with E-state index in [-0.39, 0.29) is 17.4 Å². The standard InChI is InChI=1S/C26H29Cl2NO6S/c1-2-21(15-36(33,34)14-16-6-7-16)29-24(17-8-10-19(27)11-9-17)25(18-4-3-5-20(28)12-18)35-22(26(29)32)13-23(30)31/h3-5,8-12,16,21-22,24-25H,2,6-7,13-15H2,1H3,(H,30,31)/t21-,22-,24?,25+/m0/s1. The molecule has 1 N–H and O–H groups in total. The first-order chi connectivity index (χ1) is 17.1. The third kappa shape index (κ3) is 6.40. The fourth-order valence-electron chi connectivity index (χ4n) is 4.80. The van der Waals surface area contributed by atoms with E-state index >= 15 is 0 Å². The molecular formula is C26H29Cl2NO6S. The molecule has 2 aromatic rings. The summed E-state index contributed by atoms with van der Waals surface area (Å²) in [7, 11) is -3.44. The lowest BCUT2D eigenvalue weighted by molar-refractivity contribution is -0.182. The number of amides is 1. The number of morpholine rings is 1. The number of benzene rings is 2. The van der Waals surface area contributed by atoms with Gasteiger partial charge in [0.25, 0.3) is 5.91 Å². The van der Waals surface area contributed by atoms with Gasteiger partial charge in [-0.05, 0) is 60.6 Å². The minimum atomic E-state index is -3.44. The van der Waals surface area contributed by atoms with E-state index in [1.807, 2.05) is 6.92 Å². The van der Waals surface area contributed by atoms with Gasteiger partial charge in [0.05, 0.1) is 24.0 Å². The number of hydrogen-bond acceptors (Lipinski definition) is 5. The minimum Gasteiger partial charge on any atom is -0.481 e. The fourth-order valence-corrected chi connectivity index (χ4v) is 7.29. The van der Waals surface area contributed by atoms with Crippen molar-refractivity contribution in [1.29, 1.82) is 0 Å². The Morgan fingerprint density at radius 1 is 1.11 bits per heavy atom.